The van der Waals surface area contributed by atoms with Gasteiger partial charge in [-0.3, -0.25) is 0 Å². The van der Waals surface area contributed by atoms with E-state index in [0.29, 0.717) is 0 Å². The van der Waals surface area contributed by atoms with Gasteiger partial charge in [0.15, 0.2) is 6.39 Å². The third-order valence-corrected chi connectivity index (χ3v) is 1.58. The van der Waals surface area contributed by atoms with Crippen LogP contribution in [0, 0.1) is 0 Å². The second-order valence-corrected chi connectivity index (χ2v) is 2.36. The quantitative estimate of drug-likeness (QED) is 0.663. The van der Waals surface area contributed by atoms with Crippen LogP contribution in [0.2, 0.25) is 0 Å². The van der Waals surface area contributed by atoms with Crippen molar-refractivity contribution >= 4 is 5.57 Å². The van der Waals surface area contributed by atoms with Crippen LogP contribution in [-0.2, 0) is 0 Å². The van der Waals surface area contributed by atoms with E-state index in [1.54, 1.807) is 6.20 Å². The molecule has 60 valence electrons. The zero-order valence-corrected chi connectivity index (χ0v) is 7.00. The van der Waals surface area contributed by atoms with Crippen molar-refractivity contribution in [2.24, 2.45) is 0 Å². The van der Waals surface area contributed by atoms with E-state index in [9.17, 15) is 0 Å². The van der Waals surface area contributed by atoms with E-state index < -0.39 is 0 Å². The molecule has 0 aromatic carbocycles. The van der Waals surface area contributed by atoms with Crippen molar-refractivity contribution < 1.29 is 4.42 Å². The Kier molecular flexibility index (Phi) is 2.90. The maximum atomic E-state index is 5.16. The van der Waals surface area contributed by atoms with Gasteiger partial charge in [-0.15, -0.1) is 0 Å². The van der Waals surface area contributed by atoms with Gasteiger partial charge in [-0.1, -0.05) is 19.9 Å². The lowest BCUT2D eigenvalue weighted by Gasteiger charge is -1.96. The summed E-state index contributed by atoms with van der Waals surface area (Å²) in [6, 6.07) is 0. The molecule has 0 unspecified atom stereocenters. The van der Waals surface area contributed by atoms with Crippen LogP contribution in [0.1, 0.15) is 32.4 Å². The lowest BCUT2D eigenvalue weighted by atomic mass is 10.1. The summed E-state index contributed by atoms with van der Waals surface area (Å²) in [7, 11) is 0. The number of aromatic nitrogens is 1. The van der Waals surface area contributed by atoms with Gasteiger partial charge in [-0.2, -0.15) is 0 Å². The van der Waals surface area contributed by atoms with E-state index in [1.807, 2.05) is 0 Å². The Labute approximate surface area is 66.9 Å². The van der Waals surface area contributed by atoms with Crippen LogP contribution in [0.25, 0.3) is 5.57 Å². The molecule has 2 heteroatoms. The molecule has 0 saturated heterocycles. The first-order chi connectivity index (χ1) is 5.38. The van der Waals surface area contributed by atoms with Crippen molar-refractivity contribution in [2.45, 2.75) is 26.7 Å². The lowest BCUT2D eigenvalue weighted by Crippen LogP contribution is -1.77. The molecule has 1 aromatic rings. The zero-order chi connectivity index (χ0) is 8.10. The minimum Gasteiger partial charge on any atom is -0.444 e. The molecule has 0 aliphatic rings. The Morgan fingerprint density at radius 3 is 2.91 bits per heavy atom. The van der Waals surface area contributed by atoms with Gasteiger partial charge in [0.25, 0.3) is 0 Å². The van der Waals surface area contributed by atoms with E-state index in [2.05, 4.69) is 24.9 Å². The Bertz CT molecular complexity index is 224. The summed E-state index contributed by atoms with van der Waals surface area (Å²) in [6.07, 6.45) is 7.44. The summed E-state index contributed by atoms with van der Waals surface area (Å²) in [5, 5.41) is 0. The molecule has 2 nitrogen and oxygen atoms in total. The average Bonchev–Trinajstić information content (AvgIpc) is 2.52. The molecule has 0 aliphatic heterocycles. The molecular formula is C9H13NO. The van der Waals surface area contributed by atoms with Crippen LogP contribution >= 0.6 is 0 Å². The molecule has 0 amide bonds. The van der Waals surface area contributed by atoms with Crippen molar-refractivity contribution in [1.29, 1.82) is 0 Å². The van der Waals surface area contributed by atoms with Gasteiger partial charge in [0.05, 0.1) is 6.20 Å². The molecule has 0 bridgehead atoms. The van der Waals surface area contributed by atoms with Crippen molar-refractivity contribution in [3.05, 3.63) is 24.4 Å². The number of rotatable bonds is 3. The highest BCUT2D eigenvalue weighted by Crippen LogP contribution is 2.17. The van der Waals surface area contributed by atoms with Gasteiger partial charge < -0.3 is 4.42 Å². The van der Waals surface area contributed by atoms with Crippen LogP contribution in [-0.4, -0.2) is 4.98 Å². The fraction of sp³-hybridized carbons (Fsp3) is 0.444. The first-order valence-electron chi connectivity index (χ1n) is 3.96. The summed E-state index contributed by atoms with van der Waals surface area (Å²) in [4.78, 5) is 3.87. The van der Waals surface area contributed by atoms with E-state index >= 15 is 0 Å². The van der Waals surface area contributed by atoms with Gasteiger partial charge in [0, 0.05) is 0 Å². The highest BCUT2D eigenvalue weighted by atomic mass is 16.3. The predicted octanol–water partition coefficient (Wildman–Crippen LogP) is 2.88. The molecule has 1 aromatic heterocycles. The highest BCUT2D eigenvalue weighted by Gasteiger charge is 2.00. The molecule has 1 heterocycles. The minimum absolute atomic E-state index is 0.898. The molecule has 0 spiro atoms. The van der Waals surface area contributed by atoms with Crippen LogP contribution < -0.4 is 0 Å². The standard InChI is InChI=1S/C9H13NO/c1-3-5-8(4-2)9-6-10-7-11-9/h5-7H,3-4H2,1-2H3/b8-5+. The van der Waals surface area contributed by atoms with Gasteiger partial charge in [-0.25, -0.2) is 4.98 Å². The summed E-state index contributed by atoms with van der Waals surface area (Å²) in [5.74, 6) is 0.898. The topological polar surface area (TPSA) is 26.0 Å². The van der Waals surface area contributed by atoms with Crippen LogP contribution in [0.15, 0.2) is 23.1 Å². The SMILES string of the molecule is CC/C=C(\CC)c1cnco1. The second-order valence-electron chi connectivity index (χ2n) is 2.36. The predicted molar refractivity (Wildman–Crippen MR) is 45.1 cm³/mol. The molecule has 0 aliphatic carbocycles. The number of oxazole rings is 1. The fourth-order valence-electron chi connectivity index (χ4n) is 1.04. The van der Waals surface area contributed by atoms with Crippen molar-refractivity contribution in [1.82, 2.24) is 4.98 Å². The van der Waals surface area contributed by atoms with Crippen molar-refractivity contribution in [2.75, 3.05) is 0 Å². The Morgan fingerprint density at radius 1 is 1.64 bits per heavy atom. The molecular weight excluding hydrogens is 138 g/mol. The molecule has 0 atom stereocenters. The highest BCUT2D eigenvalue weighted by molar-refractivity contribution is 5.59. The number of allylic oxidation sites excluding steroid dienone is 2. The maximum Gasteiger partial charge on any atom is 0.181 e. The van der Waals surface area contributed by atoms with Gasteiger partial charge in [0.2, 0.25) is 0 Å². The maximum absolute atomic E-state index is 5.16. The molecule has 0 N–H and O–H groups in total. The van der Waals surface area contributed by atoms with Crippen molar-refractivity contribution in [3.8, 4) is 0 Å². The summed E-state index contributed by atoms with van der Waals surface area (Å²) < 4.78 is 5.16. The third-order valence-electron chi connectivity index (χ3n) is 1.58. The first kappa shape index (κ1) is 8.05. The average molecular weight is 151 g/mol. The van der Waals surface area contributed by atoms with E-state index in [4.69, 9.17) is 4.42 Å². The summed E-state index contributed by atoms with van der Waals surface area (Å²) >= 11 is 0. The van der Waals surface area contributed by atoms with Gasteiger partial charge >= 0.3 is 0 Å². The van der Waals surface area contributed by atoms with Crippen molar-refractivity contribution in [3.63, 3.8) is 0 Å². The molecule has 1 rings (SSSR count). The minimum atomic E-state index is 0.898. The molecule has 0 saturated carbocycles. The number of hydrogen-bond donors (Lipinski definition) is 0. The molecule has 0 radical (unpaired) electrons. The zero-order valence-electron chi connectivity index (χ0n) is 7.00. The van der Waals surface area contributed by atoms with Gasteiger partial charge in [0.1, 0.15) is 5.76 Å². The van der Waals surface area contributed by atoms with E-state index in [-0.39, 0.29) is 0 Å². The second kappa shape index (κ2) is 3.96. The summed E-state index contributed by atoms with van der Waals surface area (Å²) in [5.41, 5.74) is 1.24. The molecule has 11 heavy (non-hydrogen) atoms. The first-order valence-corrected chi connectivity index (χ1v) is 3.96. The Morgan fingerprint density at radius 2 is 2.45 bits per heavy atom. The third kappa shape index (κ3) is 1.93. The molecule has 0 fully saturated rings. The van der Waals surface area contributed by atoms with Gasteiger partial charge in [-0.05, 0) is 18.4 Å². The number of hydrogen-bond acceptors (Lipinski definition) is 2. The van der Waals surface area contributed by atoms with E-state index in [0.717, 1.165) is 18.6 Å². The summed E-state index contributed by atoms with van der Waals surface area (Å²) in [6.45, 7) is 4.23. The van der Waals surface area contributed by atoms with Crippen LogP contribution in [0.5, 0.6) is 0 Å². The lowest BCUT2D eigenvalue weighted by molar-refractivity contribution is 0.542. The normalized spacial score (nSPS) is 12.0. The fourth-order valence-corrected chi connectivity index (χ4v) is 1.04. The van der Waals surface area contributed by atoms with Crippen LogP contribution in [0.4, 0.5) is 0 Å². The van der Waals surface area contributed by atoms with Crippen LogP contribution in [0.3, 0.4) is 0 Å². The Hall–Kier alpha value is -1.05. The monoisotopic (exact) mass is 151 g/mol. The smallest absolute Gasteiger partial charge is 0.181 e. The largest absolute Gasteiger partial charge is 0.444 e. The van der Waals surface area contributed by atoms with E-state index in [1.165, 1.54) is 12.0 Å². The number of nitrogens with zero attached hydrogens (tertiary/aromatic N) is 1. The Balaban J connectivity index is 2.79.